The van der Waals surface area contributed by atoms with Crippen molar-refractivity contribution >= 4 is 24.1 Å². The SMILES string of the molecule is C=C(C)C(=O)Oc1cc(CCC(=O)Oc2ccc(-c3ccc(OCC4COC(=O)OC4)cc3)cc2)ccc1OC(=O)C(C)(C)C. The second-order valence-corrected chi connectivity index (χ2v) is 11.7. The van der Waals surface area contributed by atoms with E-state index in [2.05, 4.69) is 6.58 Å². The maximum Gasteiger partial charge on any atom is 0.508 e. The summed E-state index contributed by atoms with van der Waals surface area (Å²) in [4.78, 5) is 48.2. The number of hydrogen-bond donors (Lipinski definition) is 0. The molecule has 0 saturated carbocycles. The Morgan fingerprint density at radius 1 is 0.822 bits per heavy atom. The van der Waals surface area contributed by atoms with Crippen LogP contribution in [0.2, 0.25) is 0 Å². The number of cyclic esters (lactones) is 2. The lowest BCUT2D eigenvalue weighted by molar-refractivity contribution is -0.143. The third kappa shape index (κ3) is 9.69. The maximum atomic E-state index is 12.6. The van der Waals surface area contributed by atoms with E-state index in [-0.39, 0.29) is 42.6 Å². The summed E-state index contributed by atoms with van der Waals surface area (Å²) < 4.78 is 31.9. The summed E-state index contributed by atoms with van der Waals surface area (Å²) in [6.45, 7) is 11.2. The molecule has 4 rings (SSSR count). The highest BCUT2D eigenvalue weighted by Crippen LogP contribution is 2.32. The predicted octanol–water partition coefficient (Wildman–Crippen LogP) is 6.49. The van der Waals surface area contributed by atoms with Gasteiger partial charge in [0.2, 0.25) is 0 Å². The Bertz CT molecular complexity index is 1540. The Labute approximate surface area is 261 Å². The molecule has 1 aliphatic heterocycles. The van der Waals surface area contributed by atoms with Crippen LogP contribution < -0.4 is 18.9 Å². The van der Waals surface area contributed by atoms with E-state index in [9.17, 15) is 19.2 Å². The number of carbonyl (C=O) groups is 4. The van der Waals surface area contributed by atoms with E-state index in [0.717, 1.165) is 11.1 Å². The maximum absolute atomic E-state index is 12.6. The molecule has 0 atom stereocenters. The molecule has 0 aromatic heterocycles. The van der Waals surface area contributed by atoms with Crippen LogP contribution in [0.3, 0.4) is 0 Å². The fourth-order valence-electron chi connectivity index (χ4n) is 3.97. The number of rotatable bonds is 11. The molecule has 0 bridgehead atoms. The molecule has 0 N–H and O–H groups in total. The second-order valence-electron chi connectivity index (χ2n) is 11.7. The quantitative estimate of drug-likeness (QED) is 0.134. The van der Waals surface area contributed by atoms with Gasteiger partial charge in [0.15, 0.2) is 11.5 Å². The smallest absolute Gasteiger partial charge is 0.493 e. The van der Waals surface area contributed by atoms with Crippen LogP contribution in [0.4, 0.5) is 4.79 Å². The molecule has 1 saturated heterocycles. The van der Waals surface area contributed by atoms with E-state index < -0.39 is 29.5 Å². The van der Waals surface area contributed by atoms with Crippen LogP contribution in [0.15, 0.2) is 78.9 Å². The predicted molar refractivity (Wildman–Crippen MR) is 164 cm³/mol. The first-order chi connectivity index (χ1) is 21.4. The van der Waals surface area contributed by atoms with Crippen molar-refractivity contribution < 1.29 is 47.6 Å². The van der Waals surface area contributed by atoms with Gasteiger partial charge in [-0.05, 0) is 87.2 Å². The molecule has 0 spiro atoms. The molecule has 1 aliphatic rings. The Morgan fingerprint density at radius 3 is 2.00 bits per heavy atom. The van der Waals surface area contributed by atoms with Crippen molar-refractivity contribution in [1.82, 2.24) is 0 Å². The minimum atomic E-state index is -0.762. The average Bonchev–Trinajstić information content (AvgIpc) is 3.01. The number of benzene rings is 3. The van der Waals surface area contributed by atoms with Crippen LogP contribution in [0.1, 0.15) is 39.7 Å². The summed E-state index contributed by atoms with van der Waals surface area (Å²) >= 11 is 0. The second kappa shape index (κ2) is 14.6. The van der Waals surface area contributed by atoms with Gasteiger partial charge in [0.05, 0.1) is 17.9 Å². The first-order valence-electron chi connectivity index (χ1n) is 14.4. The van der Waals surface area contributed by atoms with E-state index in [1.165, 1.54) is 13.0 Å². The van der Waals surface area contributed by atoms with Crippen molar-refractivity contribution in [2.45, 2.75) is 40.5 Å². The van der Waals surface area contributed by atoms with Crippen LogP contribution >= 0.6 is 0 Å². The van der Waals surface area contributed by atoms with E-state index in [1.54, 1.807) is 45.0 Å². The van der Waals surface area contributed by atoms with Gasteiger partial charge in [-0.2, -0.15) is 0 Å². The molecule has 0 radical (unpaired) electrons. The lowest BCUT2D eigenvalue weighted by Crippen LogP contribution is -2.31. The molecular formula is C35H36O10. The number of aryl methyl sites for hydroxylation is 1. The molecule has 3 aromatic carbocycles. The van der Waals surface area contributed by atoms with Crippen molar-refractivity contribution in [3.05, 3.63) is 84.4 Å². The van der Waals surface area contributed by atoms with Gasteiger partial charge in [0, 0.05) is 12.0 Å². The zero-order valence-electron chi connectivity index (χ0n) is 25.8. The van der Waals surface area contributed by atoms with Crippen molar-refractivity contribution in [2.75, 3.05) is 19.8 Å². The minimum Gasteiger partial charge on any atom is -0.493 e. The van der Waals surface area contributed by atoms with Gasteiger partial charge in [0.1, 0.15) is 24.7 Å². The highest BCUT2D eigenvalue weighted by atomic mass is 16.7. The minimum absolute atomic E-state index is 0.0214. The highest BCUT2D eigenvalue weighted by molar-refractivity contribution is 5.89. The molecule has 45 heavy (non-hydrogen) atoms. The van der Waals surface area contributed by atoms with E-state index in [4.69, 9.17) is 28.4 Å². The molecule has 10 heteroatoms. The standard InChI is InChI=1S/C35H36O10/c1-22(2)32(37)44-30-18-23(6-16-29(30)45-33(38)35(3,4)5)7-17-31(36)43-28-14-10-26(11-15-28)25-8-12-27(13-9-25)40-19-24-20-41-34(39)42-21-24/h6,8-16,18,24H,1,7,17,19-21H2,2-5H3. The van der Waals surface area contributed by atoms with Crippen molar-refractivity contribution in [3.63, 3.8) is 0 Å². The summed E-state index contributed by atoms with van der Waals surface area (Å²) in [5.41, 5.74) is 1.99. The highest BCUT2D eigenvalue weighted by Gasteiger charge is 2.26. The third-order valence-electron chi connectivity index (χ3n) is 6.63. The lowest BCUT2D eigenvalue weighted by Gasteiger charge is -2.21. The third-order valence-corrected chi connectivity index (χ3v) is 6.63. The normalized spacial score (nSPS) is 13.2. The Hall–Kier alpha value is -5.12. The van der Waals surface area contributed by atoms with E-state index in [0.29, 0.717) is 30.1 Å². The van der Waals surface area contributed by atoms with Gasteiger partial charge in [-0.3, -0.25) is 9.59 Å². The fourth-order valence-corrected chi connectivity index (χ4v) is 3.97. The Morgan fingerprint density at radius 2 is 1.42 bits per heavy atom. The van der Waals surface area contributed by atoms with E-state index >= 15 is 0 Å². The molecule has 236 valence electrons. The summed E-state index contributed by atoms with van der Waals surface area (Å²) in [7, 11) is 0. The molecule has 10 nitrogen and oxygen atoms in total. The molecule has 1 fully saturated rings. The van der Waals surface area contributed by atoms with Crippen LogP contribution in [-0.4, -0.2) is 43.9 Å². The van der Waals surface area contributed by atoms with Crippen molar-refractivity contribution in [3.8, 4) is 34.1 Å². The molecule has 0 amide bonds. The molecular weight excluding hydrogens is 580 g/mol. The van der Waals surface area contributed by atoms with Gasteiger partial charge in [-0.25, -0.2) is 9.59 Å². The zero-order chi connectivity index (χ0) is 32.6. The summed E-state index contributed by atoms with van der Waals surface area (Å²) in [5, 5.41) is 0. The lowest BCUT2D eigenvalue weighted by atomic mass is 9.97. The zero-order valence-corrected chi connectivity index (χ0v) is 25.8. The topological polar surface area (TPSA) is 124 Å². The first kappa shape index (κ1) is 32.8. The van der Waals surface area contributed by atoms with Gasteiger partial charge >= 0.3 is 24.1 Å². The number of esters is 3. The van der Waals surface area contributed by atoms with Crippen molar-refractivity contribution in [1.29, 1.82) is 0 Å². The van der Waals surface area contributed by atoms with Crippen LogP contribution in [0.5, 0.6) is 23.0 Å². The van der Waals surface area contributed by atoms with Crippen LogP contribution in [0, 0.1) is 11.3 Å². The molecule has 1 heterocycles. The van der Waals surface area contributed by atoms with E-state index in [1.807, 2.05) is 36.4 Å². The molecule has 0 unspecified atom stereocenters. The largest absolute Gasteiger partial charge is 0.508 e. The van der Waals surface area contributed by atoms with Gasteiger partial charge in [-0.15, -0.1) is 0 Å². The van der Waals surface area contributed by atoms with Gasteiger partial charge in [-0.1, -0.05) is 36.9 Å². The number of hydrogen-bond acceptors (Lipinski definition) is 10. The number of carbonyl (C=O) groups excluding carboxylic acids is 4. The Kier molecular flexibility index (Phi) is 10.6. The van der Waals surface area contributed by atoms with Gasteiger partial charge < -0.3 is 28.4 Å². The molecule has 3 aromatic rings. The van der Waals surface area contributed by atoms with Crippen molar-refractivity contribution in [2.24, 2.45) is 11.3 Å². The average molecular weight is 617 g/mol. The summed E-state index contributed by atoms with van der Waals surface area (Å²) in [5.74, 6) is -0.358. The fraction of sp³-hybridized carbons (Fsp3) is 0.314. The summed E-state index contributed by atoms with van der Waals surface area (Å²) in [6.07, 6.45) is -0.289. The van der Waals surface area contributed by atoms with Gasteiger partial charge in [0.25, 0.3) is 0 Å². The monoisotopic (exact) mass is 616 g/mol. The molecule has 0 aliphatic carbocycles. The van der Waals surface area contributed by atoms with Crippen LogP contribution in [0.25, 0.3) is 11.1 Å². The summed E-state index contributed by atoms with van der Waals surface area (Å²) in [6, 6.07) is 19.5. The first-order valence-corrected chi connectivity index (χ1v) is 14.4. The van der Waals surface area contributed by atoms with Crippen LogP contribution in [-0.2, 0) is 30.3 Å². The Balaban J connectivity index is 1.30. The number of ether oxygens (including phenoxy) is 6.